The smallest absolute Gasteiger partial charge is 0.407 e. The minimum Gasteiger partial charge on any atom is -0.480 e. The largest absolute Gasteiger partial charge is 0.480 e. The Balaban J connectivity index is 1.41. The number of ether oxygens (including phenoxy) is 1. The zero-order valence-corrected chi connectivity index (χ0v) is 22.2. The number of amides is 2. The molecule has 0 aliphatic heterocycles. The number of fused-ring (bicyclic) bond motifs is 3. The van der Waals surface area contributed by atoms with Gasteiger partial charge in [-0.25, -0.2) is 9.59 Å². The fourth-order valence-corrected chi connectivity index (χ4v) is 4.92. The van der Waals surface area contributed by atoms with Gasteiger partial charge >= 0.3 is 12.1 Å². The van der Waals surface area contributed by atoms with Crippen LogP contribution < -0.4 is 10.6 Å². The topological polar surface area (TPSA) is 148 Å². The average molecular weight is 546 g/mol. The van der Waals surface area contributed by atoms with Crippen molar-refractivity contribution in [1.29, 1.82) is 0 Å². The van der Waals surface area contributed by atoms with E-state index >= 15 is 0 Å². The van der Waals surface area contributed by atoms with Gasteiger partial charge in [0.15, 0.2) is 0 Å². The van der Waals surface area contributed by atoms with Crippen LogP contribution in [0.4, 0.5) is 10.5 Å². The summed E-state index contributed by atoms with van der Waals surface area (Å²) >= 11 is 0. The molecule has 3 aromatic carbocycles. The third-order valence-corrected chi connectivity index (χ3v) is 7.31. The Bertz CT molecular complexity index is 1360. The quantitative estimate of drug-likeness (QED) is 0.234. The first-order valence-electron chi connectivity index (χ1n) is 13.1. The minimum atomic E-state index is -1.30. The molecule has 3 atom stereocenters. The van der Waals surface area contributed by atoms with E-state index in [1.165, 1.54) is 24.3 Å². The maximum atomic E-state index is 13.2. The molecular weight excluding hydrogens is 514 g/mol. The number of alkyl carbamates (subject to hydrolysis) is 1. The van der Waals surface area contributed by atoms with Gasteiger partial charge in [0, 0.05) is 24.5 Å². The van der Waals surface area contributed by atoms with Crippen molar-refractivity contribution in [2.24, 2.45) is 5.92 Å². The van der Waals surface area contributed by atoms with E-state index in [0.29, 0.717) is 12.0 Å². The second-order valence-corrected chi connectivity index (χ2v) is 9.86. The molecule has 0 bridgehead atoms. The second-order valence-electron chi connectivity index (χ2n) is 9.86. The van der Waals surface area contributed by atoms with E-state index in [4.69, 9.17) is 4.74 Å². The molecular formula is C30H31N3O7. The second kappa shape index (κ2) is 12.4. The van der Waals surface area contributed by atoms with Crippen molar-refractivity contribution in [1.82, 2.24) is 10.6 Å². The molecule has 0 saturated heterocycles. The van der Waals surface area contributed by atoms with Crippen molar-refractivity contribution in [3.8, 4) is 11.1 Å². The predicted molar refractivity (Wildman–Crippen MR) is 148 cm³/mol. The Hall–Kier alpha value is -4.73. The molecule has 10 nitrogen and oxygen atoms in total. The number of hydrogen-bond donors (Lipinski definition) is 3. The highest BCUT2D eigenvalue weighted by Crippen LogP contribution is 2.44. The molecule has 3 N–H and O–H groups in total. The normalized spacial score (nSPS) is 14.2. The predicted octanol–water partition coefficient (Wildman–Crippen LogP) is 4.66. The van der Waals surface area contributed by atoms with E-state index in [1.807, 2.05) is 55.5 Å². The molecule has 10 heteroatoms. The van der Waals surface area contributed by atoms with E-state index < -0.39 is 35.0 Å². The Labute approximate surface area is 231 Å². The summed E-state index contributed by atoms with van der Waals surface area (Å²) in [5, 5.41) is 25.7. The summed E-state index contributed by atoms with van der Waals surface area (Å²) in [6.45, 7) is 3.71. The number of carboxylic acids is 1. The summed E-state index contributed by atoms with van der Waals surface area (Å²) in [5.41, 5.74) is 4.69. The van der Waals surface area contributed by atoms with Crippen LogP contribution in [0.2, 0.25) is 0 Å². The Morgan fingerprint density at radius 3 is 2.05 bits per heavy atom. The van der Waals surface area contributed by atoms with Crippen LogP contribution in [0.5, 0.6) is 0 Å². The van der Waals surface area contributed by atoms with Crippen LogP contribution in [0.1, 0.15) is 42.9 Å². The SMILES string of the molecule is CC[C@@H](C)[C@H](NC(=O)OCC1c2ccccc2-c2ccccc21)C(=O)N[C@@H](Cc1ccc([N+](=O)[O-])cc1)C(=O)O. The first-order valence-corrected chi connectivity index (χ1v) is 13.1. The number of hydrogen-bond acceptors (Lipinski definition) is 6. The highest BCUT2D eigenvalue weighted by Gasteiger charge is 2.32. The lowest BCUT2D eigenvalue weighted by Gasteiger charge is -2.25. The molecule has 208 valence electrons. The van der Waals surface area contributed by atoms with E-state index in [2.05, 4.69) is 10.6 Å². The van der Waals surface area contributed by atoms with Crippen LogP contribution >= 0.6 is 0 Å². The number of aliphatic carboxylic acids is 1. The molecule has 1 aliphatic rings. The van der Waals surface area contributed by atoms with E-state index in [-0.39, 0.29) is 30.6 Å². The number of nitro groups is 1. The molecule has 0 unspecified atom stereocenters. The van der Waals surface area contributed by atoms with Gasteiger partial charge in [0.05, 0.1) is 4.92 Å². The van der Waals surface area contributed by atoms with Crippen molar-refractivity contribution in [3.63, 3.8) is 0 Å². The summed E-state index contributed by atoms with van der Waals surface area (Å²) in [5.74, 6) is -2.38. The molecule has 3 aromatic rings. The van der Waals surface area contributed by atoms with E-state index in [1.54, 1.807) is 6.92 Å². The molecule has 0 radical (unpaired) electrons. The highest BCUT2D eigenvalue weighted by molar-refractivity contribution is 5.89. The Morgan fingerprint density at radius 1 is 0.950 bits per heavy atom. The van der Waals surface area contributed by atoms with Gasteiger partial charge in [-0.3, -0.25) is 14.9 Å². The van der Waals surface area contributed by atoms with Gasteiger partial charge in [0.2, 0.25) is 5.91 Å². The van der Waals surface area contributed by atoms with Crippen molar-refractivity contribution in [3.05, 3.63) is 99.6 Å². The van der Waals surface area contributed by atoms with Crippen molar-refractivity contribution in [2.45, 2.75) is 44.7 Å². The monoisotopic (exact) mass is 545 g/mol. The summed E-state index contributed by atoms with van der Waals surface area (Å²) in [7, 11) is 0. The molecule has 0 heterocycles. The lowest BCUT2D eigenvalue weighted by molar-refractivity contribution is -0.384. The van der Waals surface area contributed by atoms with Crippen LogP contribution in [0.15, 0.2) is 72.8 Å². The van der Waals surface area contributed by atoms with Gasteiger partial charge in [-0.1, -0.05) is 80.9 Å². The Morgan fingerprint density at radius 2 is 1.52 bits per heavy atom. The van der Waals surface area contributed by atoms with Crippen LogP contribution in [0, 0.1) is 16.0 Å². The maximum absolute atomic E-state index is 13.2. The minimum absolute atomic E-state index is 0.0760. The zero-order chi connectivity index (χ0) is 28.8. The molecule has 4 rings (SSSR count). The summed E-state index contributed by atoms with van der Waals surface area (Å²) in [6, 6.07) is 19.0. The number of non-ortho nitro benzene ring substituents is 1. The van der Waals surface area contributed by atoms with Crippen LogP contribution in [-0.4, -0.2) is 46.7 Å². The summed E-state index contributed by atoms with van der Waals surface area (Å²) < 4.78 is 5.59. The third-order valence-electron chi connectivity index (χ3n) is 7.31. The standard InChI is InChI=1S/C30H31N3O7/c1-3-18(2)27(28(34)31-26(29(35)36)16-19-12-14-20(15-13-19)33(38)39)32-30(37)40-17-25-23-10-6-4-8-21(23)22-9-5-7-11-24(22)25/h4-15,18,25-27H,3,16-17H2,1-2H3,(H,31,34)(H,32,37)(H,35,36)/t18-,26+,27+/m1/s1. The van der Waals surface area contributed by atoms with Gasteiger partial charge in [-0.15, -0.1) is 0 Å². The number of carboxylic acid groups (broad SMARTS) is 1. The lowest BCUT2D eigenvalue weighted by Crippen LogP contribution is -2.54. The number of nitrogens with zero attached hydrogens (tertiary/aromatic N) is 1. The van der Waals surface area contributed by atoms with E-state index in [9.17, 15) is 29.6 Å². The fourth-order valence-electron chi connectivity index (χ4n) is 4.92. The van der Waals surface area contributed by atoms with Crippen LogP contribution in [-0.2, 0) is 20.7 Å². The van der Waals surface area contributed by atoms with Gasteiger partial charge in [-0.05, 0) is 33.7 Å². The van der Waals surface area contributed by atoms with Crippen LogP contribution in [0.3, 0.4) is 0 Å². The van der Waals surface area contributed by atoms with E-state index in [0.717, 1.165) is 22.3 Å². The van der Waals surface area contributed by atoms with Gasteiger partial charge < -0.3 is 20.5 Å². The molecule has 2 amide bonds. The third kappa shape index (κ3) is 6.28. The number of nitrogens with one attached hydrogen (secondary N) is 2. The number of carbonyl (C=O) groups excluding carboxylic acids is 2. The zero-order valence-electron chi connectivity index (χ0n) is 22.2. The first-order chi connectivity index (χ1) is 19.2. The highest BCUT2D eigenvalue weighted by atomic mass is 16.6. The fraction of sp³-hybridized carbons (Fsp3) is 0.300. The van der Waals surface area contributed by atoms with Gasteiger partial charge in [0.25, 0.3) is 5.69 Å². The molecule has 40 heavy (non-hydrogen) atoms. The summed E-state index contributed by atoms with van der Waals surface area (Å²) in [6.07, 6.45) is -0.316. The first kappa shape index (κ1) is 28.3. The van der Waals surface area contributed by atoms with Gasteiger partial charge in [-0.2, -0.15) is 0 Å². The molecule has 0 aromatic heterocycles. The number of benzene rings is 3. The maximum Gasteiger partial charge on any atom is 0.407 e. The Kier molecular flexibility index (Phi) is 8.78. The van der Waals surface area contributed by atoms with Crippen LogP contribution in [0.25, 0.3) is 11.1 Å². The molecule has 1 aliphatic carbocycles. The number of carbonyl (C=O) groups is 3. The van der Waals surface area contributed by atoms with Crippen molar-refractivity contribution in [2.75, 3.05) is 6.61 Å². The molecule has 0 saturated carbocycles. The molecule has 0 fully saturated rings. The summed E-state index contributed by atoms with van der Waals surface area (Å²) in [4.78, 5) is 48.3. The lowest BCUT2D eigenvalue weighted by atomic mass is 9.97. The van der Waals surface area contributed by atoms with Crippen molar-refractivity contribution >= 4 is 23.7 Å². The molecule has 0 spiro atoms. The number of rotatable bonds is 11. The number of nitro benzene ring substituents is 1. The average Bonchev–Trinajstić information content (AvgIpc) is 3.27. The van der Waals surface area contributed by atoms with Crippen molar-refractivity contribution < 1.29 is 29.2 Å². The van der Waals surface area contributed by atoms with Gasteiger partial charge in [0.1, 0.15) is 18.7 Å².